The third-order valence-electron chi connectivity index (χ3n) is 5.53. The summed E-state index contributed by atoms with van der Waals surface area (Å²) in [7, 11) is 0. The van der Waals surface area contributed by atoms with Gasteiger partial charge in [-0.3, -0.25) is 14.4 Å². The normalized spacial score (nSPS) is 19.6. The Bertz CT molecular complexity index is 1110. The van der Waals surface area contributed by atoms with Crippen molar-refractivity contribution < 1.29 is 29.0 Å². The van der Waals surface area contributed by atoms with Crippen LogP contribution in [0.15, 0.2) is 48.5 Å². The zero-order valence-electron chi connectivity index (χ0n) is 17.7. The molecule has 0 spiro atoms. The average molecular weight is 449 g/mol. The highest BCUT2D eigenvalue weighted by Crippen LogP contribution is 2.30. The smallest absolute Gasteiger partial charge is 0.329 e. The van der Waals surface area contributed by atoms with Crippen molar-refractivity contribution in [2.24, 2.45) is 0 Å². The van der Waals surface area contributed by atoms with Crippen LogP contribution in [0.4, 0.5) is 5.69 Å². The number of fused-ring (bicyclic) bond motifs is 2. The highest BCUT2D eigenvalue weighted by molar-refractivity contribution is 6.11. The SMILES string of the molecule is O=C(O)COCC(=O)NC1CCN2C(=O)c3cc(C=Cc4ccccc4)ccc3NC(=O)C12. The number of carbonyl (C=O) groups is 4. The molecular weight excluding hydrogens is 426 g/mol. The third kappa shape index (κ3) is 5.09. The zero-order chi connectivity index (χ0) is 23.4. The van der Waals surface area contributed by atoms with Crippen LogP contribution in [0.2, 0.25) is 0 Å². The number of nitrogens with zero attached hydrogens (tertiary/aromatic N) is 1. The molecule has 3 amide bonds. The summed E-state index contributed by atoms with van der Waals surface area (Å²) >= 11 is 0. The van der Waals surface area contributed by atoms with Crippen LogP contribution in [-0.4, -0.2) is 65.5 Å². The lowest BCUT2D eigenvalue weighted by atomic mass is 10.1. The Hall–Kier alpha value is -3.98. The van der Waals surface area contributed by atoms with Crippen molar-refractivity contribution in [3.8, 4) is 0 Å². The summed E-state index contributed by atoms with van der Waals surface area (Å²) in [5.41, 5.74) is 2.65. The fraction of sp³-hybridized carbons (Fsp3) is 0.250. The van der Waals surface area contributed by atoms with Gasteiger partial charge in [-0.15, -0.1) is 0 Å². The van der Waals surface area contributed by atoms with Gasteiger partial charge < -0.3 is 25.4 Å². The van der Waals surface area contributed by atoms with Crippen molar-refractivity contribution in [1.29, 1.82) is 0 Å². The van der Waals surface area contributed by atoms with Gasteiger partial charge >= 0.3 is 5.97 Å². The number of ether oxygens (including phenoxy) is 1. The molecule has 0 aromatic heterocycles. The summed E-state index contributed by atoms with van der Waals surface area (Å²) in [6.45, 7) is -0.729. The first-order valence-corrected chi connectivity index (χ1v) is 10.5. The third-order valence-corrected chi connectivity index (χ3v) is 5.53. The first-order valence-electron chi connectivity index (χ1n) is 10.5. The summed E-state index contributed by atoms with van der Waals surface area (Å²) in [5, 5.41) is 14.1. The average Bonchev–Trinajstić information content (AvgIpc) is 3.17. The number of rotatable bonds is 7. The first kappa shape index (κ1) is 22.2. The molecule has 1 fully saturated rings. The molecule has 1 saturated heterocycles. The van der Waals surface area contributed by atoms with Gasteiger partial charge in [-0.25, -0.2) is 4.79 Å². The van der Waals surface area contributed by atoms with Crippen LogP contribution < -0.4 is 10.6 Å². The number of carbonyl (C=O) groups excluding carboxylic acids is 3. The molecule has 170 valence electrons. The minimum absolute atomic E-state index is 0.290. The van der Waals surface area contributed by atoms with Crippen LogP contribution in [0.25, 0.3) is 12.2 Å². The lowest BCUT2D eigenvalue weighted by Crippen LogP contribution is -2.52. The van der Waals surface area contributed by atoms with Crippen LogP contribution in [0.1, 0.15) is 27.9 Å². The van der Waals surface area contributed by atoms with Crippen LogP contribution in [0, 0.1) is 0 Å². The second kappa shape index (κ2) is 9.66. The highest BCUT2D eigenvalue weighted by atomic mass is 16.5. The molecule has 2 aliphatic heterocycles. The van der Waals surface area contributed by atoms with E-state index in [0.717, 1.165) is 11.1 Å². The van der Waals surface area contributed by atoms with Crippen LogP contribution in [0.3, 0.4) is 0 Å². The molecular formula is C24H23N3O6. The second-order valence-corrected chi connectivity index (χ2v) is 7.83. The van der Waals surface area contributed by atoms with E-state index in [-0.39, 0.29) is 11.8 Å². The fourth-order valence-corrected chi connectivity index (χ4v) is 4.04. The Morgan fingerprint density at radius 1 is 1.09 bits per heavy atom. The van der Waals surface area contributed by atoms with Gasteiger partial charge in [-0.1, -0.05) is 48.6 Å². The molecule has 0 saturated carbocycles. The molecule has 2 heterocycles. The number of carboxylic acid groups (broad SMARTS) is 1. The molecule has 2 aliphatic rings. The van der Waals surface area contributed by atoms with Crippen LogP contribution in [-0.2, 0) is 19.1 Å². The lowest BCUT2D eigenvalue weighted by molar-refractivity contribution is -0.143. The number of benzene rings is 2. The number of amides is 3. The van der Waals surface area contributed by atoms with E-state index in [0.29, 0.717) is 24.2 Å². The van der Waals surface area contributed by atoms with Gasteiger partial charge in [-0.2, -0.15) is 0 Å². The van der Waals surface area contributed by atoms with E-state index in [1.54, 1.807) is 12.1 Å². The van der Waals surface area contributed by atoms with E-state index in [1.807, 2.05) is 48.6 Å². The van der Waals surface area contributed by atoms with Crippen LogP contribution in [0.5, 0.6) is 0 Å². The van der Waals surface area contributed by atoms with Gasteiger partial charge in [0, 0.05) is 6.54 Å². The van der Waals surface area contributed by atoms with E-state index >= 15 is 0 Å². The summed E-state index contributed by atoms with van der Waals surface area (Å²) in [6.07, 6.45) is 4.24. The number of aliphatic carboxylic acids is 1. The molecule has 2 aromatic rings. The topological polar surface area (TPSA) is 125 Å². The molecule has 4 rings (SSSR count). The van der Waals surface area contributed by atoms with Crippen molar-refractivity contribution in [3.63, 3.8) is 0 Å². The summed E-state index contributed by atoms with van der Waals surface area (Å²) < 4.78 is 4.80. The monoisotopic (exact) mass is 449 g/mol. The van der Waals surface area contributed by atoms with Crippen molar-refractivity contribution >= 4 is 41.5 Å². The fourth-order valence-electron chi connectivity index (χ4n) is 4.04. The van der Waals surface area contributed by atoms with Gasteiger partial charge in [0.2, 0.25) is 11.8 Å². The molecule has 2 unspecified atom stereocenters. The van der Waals surface area contributed by atoms with Crippen molar-refractivity contribution in [3.05, 3.63) is 65.2 Å². The molecule has 0 bridgehead atoms. The zero-order valence-corrected chi connectivity index (χ0v) is 17.7. The van der Waals surface area contributed by atoms with Crippen LogP contribution >= 0.6 is 0 Å². The van der Waals surface area contributed by atoms with Gasteiger partial charge in [0.05, 0.1) is 17.3 Å². The van der Waals surface area contributed by atoms with E-state index in [9.17, 15) is 19.2 Å². The predicted molar refractivity (Wildman–Crippen MR) is 120 cm³/mol. The standard InChI is InChI=1S/C24H23N3O6/c28-20(13-33-14-21(29)30)25-19-10-11-27-22(19)23(31)26-18-9-8-16(12-17(18)24(27)32)7-6-15-4-2-1-3-5-15/h1-9,12,19,22H,10-11,13-14H2,(H,25,28)(H,26,31)(H,29,30). The second-order valence-electron chi connectivity index (χ2n) is 7.83. The van der Waals surface area contributed by atoms with Gasteiger partial charge in [-0.05, 0) is 29.7 Å². The Morgan fingerprint density at radius 2 is 1.85 bits per heavy atom. The van der Waals surface area contributed by atoms with E-state index in [2.05, 4.69) is 10.6 Å². The minimum atomic E-state index is -1.18. The summed E-state index contributed by atoms with van der Waals surface area (Å²) in [5.74, 6) is -2.40. The Balaban J connectivity index is 1.49. The van der Waals surface area contributed by atoms with E-state index in [4.69, 9.17) is 9.84 Å². The summed E-state index contributed by atoms with van der Waals surface area (Å²) in [6, 6.07) is 13.6. The maximum atomic E-state index is 13.3. The molecule has 2 atom stereocenters. The maximum absolute atomic E-state index is 13.3. The number of carboxylic acids is 1. The minimum Gasteiger partial charge on any atom is -0.480 e. The van der Waals surface area contributed by atoms with Crippen molar-refractivity contribution in [1.82, 2.24) is 10.2 Å². The molecule has 9 nitrogen and oxygen atoms in total. The van der Waals surface area contributed by atoms with E-state index in [1.165, 1.54) is 4.90 Å². The molecule has 0 radical (unpaired) electrons. The Kier molecular flexibility index (Phi) is 6.50. The van der Waals surface area contributed by atoms with Crippen molar-refractivity contribution in [2.75, 3.05) is 25.1 Å². The Labute approximate surface area is 190 Å². The number of hydrogen-bond donors (Lipinski definition) is 3. The number of nitrogens with one attached hydrogen (secondary N) is 2. The van der Waals surface area contributed by atoms with Gasteiger partial charge in [0.1, 0.15) is 19.3 Å². The Morgan fingerprint density at radius 3 is 2.61 bits per heavy atom. The maximum Gasteiger partial charge on any atom is 0.329 e. The number of anilines is 1. The molecule has 2 aromatic carbocycles. The van der Waals surface area contributed by atoms with E-state index < -0.39 is 37.2 Å². The summed E-state index contributed by atoms with van der Waals surface area (Å²) in [4.78, 5) is 50.3. The molecule has 0 aliphatic carbocycles. The highest BCUT2D eigenvalue weighted by Gasteiger charge is 2.45. The van der Waals surface area contributed by atoms with Gasteiger partial charge in [0.25, 0.3) is 5.91 Å². The molecule has 33 heavy (non-hydrogen) atoms. The predicted octanol–water partition coefficient (Wildman–Crippen LogP) is 1.61. The number of hydrogen-bond acceptors (Lipinski definition) is 5. The molecule has 3 N–H and O–H groups in total. The largest absolute Gasteiger partial charge is 0.480 e. The van der Waals surface area contributed by atoms with Gasteiger partial charge in [0.15, 0.2) is 0 Å². The quantitative estimate of drug-likeness (QED) is 0.552. The molecule has 9 heteroatoms. The first-order chi connectivity index (χ1) is 15.9. The van der Waals surface area contributed by atoms with Crippen molar-refractivity contribution in [2.45, 2.75) is 18.5 Å². The lowest BCUT2D eigenvalue weighted by Gasteiger charge is -2.24.